The Morgan fingerprint density at radius 3 is 1.84 bits per heavy atom. The average Bonchev–Trinajstić information content (AvgIpc) is 2.63. The molecule has 0 heterocycles. The minimum Gasteiger partial charge on any atom is -0.392 e. The number of aryl methyl sites for hydroxylation is 1. The normalized spacial score (nSPS) is 10.2. The van der Waals surface area contributed by atoms with E-state index in [-0.39, 0.29) is 23.8 Å². The Morgan fingerprint density at radius 2 is 1.40 bits per heavy atom. The van der Waals surface area contributed by atoms with Crippen molar-refractivity contribution >= 4 is 16.5 Å². The summed E-state index contributed by atoms with van der Waals surface area (Å²) >= 11 is 0. The van der Waals surface area contributed by atoms with Gasteiger partial charge < -0.3 is 10.2 Å². The van der Waals surface area contributed by atoms with Gasteiger partial charge in [0.2, 0.25) is 0 Å². The third-order valence-electron chi connectivity index (χ3n) is 4.19. The van der Waals surface area contributed by atoms with Crippen LogP contribution in [0.1, 0.15) is 22.3 Å². The van der Waals surface area contributed by atoms with E-state index in [1.54, 1.807) is 13.0 Å². The molecule has 3 aromatic rings. The molecule has 5 heteroatoms. The molecule has 0 fully saturated rings. The minimum absolute atomic E-state index is 0.00829. The van der Waals surface area contributed by atoms with E-state index in [1.165, 1.54) is 6.07 Å². The molecule has 25 heavy (non-hydrogen) atoms. The Kier molecular flexibility index (Phi) is 6.22. The quantitative estimate of drug-likeness (QED) is 0.557. The molecule has 0 aliphatic heterocycles. The fourth-order valence-corrected chi connectivity index (χ4v) is 2.70. The zero-order valence-corrected chi connectivity index (χ0v) is 14.3. The molecule has 0 aliphatic carbocycles. The molecule has 3 aromatic carbocycles. The van der Waals surface area contributed by atoms with E-state index in [9.17, 15) is 20.3 Å². The topological polar surface area (TPSA) is 83.6 Å². The van der Waals surface area contributed by atoms with Crippen LogP contribution in [0, 0.1) is 24.0 Å². The van der Waals surface area contributed by atoms with Crippen LogP contribution in [0.5, 0.6) is 0 Å². The summed E-state index contributed by atoms with van der Waals surface area (Å²) in [6.07, 6.45) is 0. The molecule has 5 nitrogen and oxygen atoms in total. The van der Waals surface area contributed by atoms with Gasteiger partial charge in [-0.15, -0.1) is 0 Å². The zero-order chi connectivity index (χ0) is 18.4. The number of hydrogen-bond donors (Lipinski definition) is 2. The Balaban J connectivity index is 0.000000186. The molecule has 0 saturated heterocycles. The maximum absolute atomic E-state index is 10.4. The summed E-state index contributed by atoms with van der Waals surface area (Å²) in [5, 5.41) is 30.8. The number of nitrogens with zero attached hydrogens (tertiary/aromatic N) is 1. The second-order valence-electron chi connectivity index (χ2n) is 5.72. The molecule has 130 valence electrons. The summed E-state index contributed by atoms with van der Waals surface area (Å²) in [5.74, 6) is 0. The van der Waals surface area contributed by atoms with Crippen LogP contribution in [-0.4, -0.2) is 15.1 Å². The van der Waals surface area contributed by atoms with Gasteiger partial charge in [0.1, 0.15) is 0 Å². The molecule has 0 amide bonds. The highest BCUT2D eigenvalue weighted by molar-refractivity contribution is 5.88. The summed E-state index contributed by atoms with van der Waals surface area (Å²) in [7, 11) is 0. The third kappa shape index (κ3) is 4.21. The SMILES string of the molecule is Cc1cccc([N+](=O)[O-])c1C.OCc1cccc2cccc(CO)c12. The van der Waals surface area contributed by atoms with Gasteiger partial charge in [0.25, 0.3) is 5.69 Å². The number of hydrogen-bond acceptors (Lipinski definition) is 4. The standard InChI is InChI=1S/C12H12O2.C8H9NO2/c13-7-10-5-1-3-9-4-2-6-11(8-14)12(9)10;1-6-4-3-5-8(7(6)2)9(10)11/h1-6,13-14H,7-8H2;3-5H,1-2H3. The summed E-state index contributed by atoms with van der Waals surface area (Å²) < 4.78 is 0. The van der Waals surface area contributed by atoms with Crippen molar-refractivity contribution in [3.8, 4) is 0 Å². The molecule has 0 saturated carbocycles. The lowest BCUT2D eigenvalue weighted by molar-refractivity contribution is -0.385. The smallest absolute Gasteiger partial charge is 0.272 e. The van der Waals surface area contributed by atoms with Gasteiger partial charge >= 0.3 is 0 Å². The van der Waals surface area contributed by atoms with Gasteiger partial charge in [-0.25, -0.2) is 0 Å². The highest BCUT2D eigenvalue weighted by Gasteiger charge is 2.09. The van der Waals surface area contributed by atoms with Crippen molar-refractivity contribution in [2.45, 2.75) is 27.1 Å². The summed E-state index contributed by atoms with van der Waals surface area (Å²) in [6.45, 7) is 3.64. The van der Waals surface area contributed by atoms with Crippen molar-refractivity contribution in [2.75, 3.05) is 0 Å². The Bertz CT molecular complexity index is 851. The lowest BCUT2D eigenvalue weighted by Crippen LogP contribution is -1.92. The van der Waals surface area contributed by atoms with Gasteiger partial charge in [-0.05, 0) is 41.3 Å². The van der Waals surface area contributed by atoms with Crippen molar-refractivity contribution in [1.82, 2.24) is 0 Å². The molecule has 0 radical (unpaired) electrons. The van der Waals surface area contributed by atoms with Crippen LogP contribution in [0.3, 0.4) is 0 Å². The van der Waals surface area contributed by atoms with Crippen LogP contribution < -0.4 is 0 Å². The summed E-state index contributed by atoms with van der Waals surface area (Å²) in [5.41, 5.74) is 3.64. The van der Waals surface area contributed by atoms with Crippen molar-refractivity contribution in [3.63, 3.8) is 0 Å². The fraction of sp³-hybridized carbons (Fsp3) is 0.200. The molecule has 2 N–H and O–H groups in total. The van der Waals surface area contributed by atoms with Gasteiger partial charge in [-0.2, -0.15) is 0 Å². The number of aliphatic hydroxyl groups is 2. The van der Waals surface area contributed by atoms with Gasteiger partial charge in [0, 0.05) is 11.6 Å². The third-order valence-corrected chi connectivity index (χ3v) is 4.19. The van der Waals surface area contributed by atoms with Gasteiger partial charge in [-0.3, -0.25) is 10.1 Å². The summed E-state index contributed by atoms with van der Waals surface area (Å²) in [4.78, 5) is 10.0. The van der Waals surface area contributed by atoms with Gasteiger partial charge in [-0.1, -0.05) is 48.5 Å². The van der Waals surface area contributed by atoms with Crippen LogP contribution in [0.2, 0.25) is 0 Å². The lowest BCUT2D eigenvalue weighted by Gasteiger charge is -2.07. The maximum atomic E-state index is 10.4. The van der Waals surface area contributed by atoms with Gasteiger partial charge in [0.15, 0.2) is 0 Å². The van der Waals surface area contributed by atoms with Crippen LogP contribution in [0.4, 0.5) is 5.69 Å². The maximum Gasteiger partial charge on any atom is 0.272 e. The number of benzene rings is 3. The van der Waals surface area contributed by atoms with Crippen LogP contribution in [0.25, 0.3) is 10.8 Å². The van der Waals surface area contributed by atoms with Crippen molar-refractivity contribution in [1.29, 1.82) is 0 Å². The predicted molar refractivity (Wildman–Crippen MR) is 98.4 cm³/mol. The largest absolute Gasteiger partial charge is 0.392 e. The Hall–Kier alpha value is -2.76. The van der Waals surface area contributed by atoms with E-state index in [1.807, 2.05) is 49.4 Å². The number of fused-ring (bicyclic) bond motifs is 1. The van der Waals surface area contributed by atoms with Crippen LogP contribution >= 0.6 is 0 Å². The zero-order valence-electron chi connectivity index (χ0n) is 14.3. The molecule has 0 spiro atoms. The number of nitro groups is 1. The second-order valence-corrected chi connectivity index (χ2v) is 5.72. The van der Waals surface area contributed by atoms with Crippen LogP contribution in [0.15, 0.2) is 54.6 Å². The van der Waals surface area contributed by atoms with Gasteiger partial charge in [0.05, 0.1) is 18.1 Å². The van der Waals surface area contributed by atoms with Crippen molar-refractivity contribution < 1.29 is 15.1 Å². The highest BCUT2D eigenvalue weighted by atomic mass is 16.6. The molecule has 0 aromatic heterocycles. The van der Waals surface area contributed by atoms with Crippen molar-refractivity contribution in [3.05, 3.63) is 87.0 Å². The first-order valence-corrected chi connectivity index (χ1v) is 7.91. The molecule has 3 rings (SSSR count). The van der Waals surface area contributed by atoms with Crippen molar-refractivity contribution in [2.24, 2.45) is 0 Å². The number of aliphatic hydroxyl groups excluding tert-OH is 2. The van der Waals surface area contributed by atoms with Crippen LogP contribution in [-0.2, 0) is 13.2 Å². The lowest BCUT2D eigenvalue weighted by atomic mass is 10.00. The average molecular weight is 339 g/mol. The molecular weight excluding hydrogens is 318 g/mol. The molecule has 0 unspecified atom stereocenters. The predicted octanol–water partition coefficient (Wildman–Crippen LogP) is 4.04. The van der Waals surface area contributed by atoms with E-state index >= 15 is 0 Å². The fourth-order valence-electron chi connectivity index (χ4n) is 2.70. The van der Waals surface area contributed by atoms with E-state index in [0.29, 0.717) is 0 Å². The number of rotatable bonds is 3. The molecular formula is C20H21NO4. The molecule has 0 atom stereocenters. The minimum atomic E-state index is -0.359. The Labute approximate surface area is 146 Å². The molecule has 0 aliphatic rings. The summed E-state index contributed by atoms with van der Waals surface area (Å²) in [6, 6.07) is 16.6. The number of nitro benzene ring substituents is 1. The second kappa shape index (κ2) is 8.37. The first kappa shape index (κ1) is 18.6. The van der Waals surface area contributed by atoms with E-state index in [0.717, 1.165) is 33.0 Å². The monoisotopic (exact) mass is 339 g/mol. The highest BCUT2D eigenvalue weighted by Crippen LogP contribution is 2.23. The van der Waals surface area contributed by atoms with E-state index in [2.05, 4.69) is 0 Å². The van der Waals surface area contributed by atoms with E-state index in [4.69, 9.17) is 0 Å². The first-order chi connectivity index (χ1) is 12.0. The molecule has 0 bridgehead atoms. The Morgan fingerprint density at radius 1 is 0.880 bits per heavy atom. The first-order valence-electron chi connectivity index (χ1n) is 7.91. The van der Waals surface area contributed by atoms with E-state index < -0.39 is 0 Å².